The average Bonchev–Trinajstić information content (AvgIpc) is 3.29. The quantitative estimate of drug-likeness (QED) is 0.555. The van der Waals surface area contributed by atoms with E-state index in [9.17, 15) is 14.7 Å². The van der Waals surface area contributed by atoms with Crippen molar-refractivity contribution >= 4 is 45.9 Å². The lowest BCUT2D eigenvalue weighted by molar-refractivity contribution is -0.120. The first-order valence-corrected chi connectivity index (χ1v) is 10.9. The second kappa shape index (κ2) is 8.63. The Balaban J connectivity index is 1.69. The number of carbonyl (C=O) groups is 2. The van der Waals surface area contributed by atoms with Crippen molar-refractivity contribution in [3.05, 3.63) is 16.1 Å². The Morgan fingerprint density at radius 3 is 2.71 bits per heavy atom. The van der Waals surface area contributed by atoms with Gasteiger partial charge in [0.15, 0.2) is 5.13 Å². The third kappa shape index (κ3) is 4.54. The van der Waals surface area contributed by atoms with E-state index in [4.69, 9.17) is 9.97 Å². The molecule has 12 heteroatoms. The van der Waals surface area contributed by atoms with Gasteiger partial charge in [-0.3, -0.25) is 10.1 Å². The summed E-state index contributed by atoms with van der Waals surface area (Å²) in [5, 5.41) is 15.7. The van der Waals surface area contributed by atoms with Crippen LogP contribution in [0.1, 0.15) is 20.9 Å². The molecule has 0 unspecified atom stereocenters. The fourth-order valence-corrected chi connectivity index (χ4v) is 4.52. The number of thiazole rings is 1. The maximum Gasteiger partial charge on any atom is 0.347 e. The fourth-order valence-electron chi connectivity index (χ4n) is 3.72. The highest BCUT2D eigenvalue weighted by Gasteiger charge is 2.30. The zero-order chi connectivity index (χ0) is 22.1. The van der Waals surface area contributed by atoms with Crippen LogP contribution in [-0.2, 0) is 11.2 Å². The molecule has 0 saturated carbocycles. The number of carbonyl (C=O) groups excluding carboxylic acids is 1. The van der Waals surface area contributed by atoms with E-state index in [-0.39, 0.29) is 17.3 Å². The molecule has 166 valence electrons. The van der Waals surface area contributed by atoms with Crippen molar-refractivity contribution in [3.8, 4) is 0 Å². The van der Waals surface area contributed by atoms with Crippen molar-refractivity contribution in [1.82, 2.24) is 25.2 Å². The van der Waals surface area contributed by atoms with E-state index in [0.717, 1.165) is 54.6 Å². The predicted molar refractivity (Wildman–Crippen MR) is 119 cm³/mol. The summed E-state index contributed by atoms with van der Waals surface area (Å²) in [7, 11) is 4.07. The number of carboxylic acids is 1. The molecule has 2 aliphatic heterocycles. The van der Waals surface area contributed by atoms with Crippen LogP contribution >= 0.6 is 11.3 Å². The number of piperazine rings is 1. The molecule has 2 aliphatic rings. The lowest BCUT2D eigenvalue weighted by Gasteiger charge is -2.29. The number of nitrogens with zero attached hydrogens (tertiary/aromatic N) is 6. The highest BCUT2D eigenvalue weighted by molar-refractivity contribution is 7.17. The summed E-state index contributed by atoms with van der Waals surface area (Å²) in [6.45, 7) is 5.71. The number of fused-ring (bicyclic) bond motifs is 1. The van der Waals surface area contributed by atoms with Gasteiger partial charge in [0.1, 0.15) is 16.5 Å². The number of carboxylic acid groups (broad SMARTS) is 1. The van der Waals surface area contributed by atoms with Crippen molar-refractivity contribution in [1.29, 1.82) is 0 Å². The molecular weight excluding hydrogens is 420 g/mol. The summed E-state index contributed by atoms with van der Waals surface area (Å²) >= 11 is 1.05. The van der Waals surface area contributed by atoms with Crippen LogP contribution in [0.25, 0.3) is 0 Å². The number of hydrogen-bond acceptors (Lipinski definition) is 10. The van der Waals surface area contributed by atoms with Gasteiger partial charge in [-0.2, -0.15) is 9.97 Å². The summed E-state index contributed by atoms with van der Waals surface area (Å²) in [6.07, 6.45) is 0.815. The van der Waals surface area contributed by atoms with Crippen molar-refractivity contribution < 1.29 is 14.7 Å². The molecule has 0 bridgehead atoms. The summed E-state index contributed by atoms with van der Waals surface area (Å²) in [5.41, 5.74) is 1.49. The normalized spacial score (nSPS) is 15.9. The molecule has 4 rings (SSSR count). The lowest BCUT2D eigenvalue weighted by atomic mass is 10.2. The summed E-state index contributed by atoms with van der Waals surface area (Å²) in [4.78, 5) is 43.6. The lowest BCUT2D eigenvalue weighted by Crippen LogP contribution is -2.48. The molecule has 0 atom stereocenters. The van der Waals surface area contributed by atoms with Crippen LogP contribution in [0.3, 0.4) is 0 Å². The van der Waals surface area contributed by atoms with Crippen molar-refractivity contribution in [3.63, 3.8) is 0 Å². The van der Waals surface area contributed by atoms with Crippen LogP contribution in [0.5, 0.6) is 0 Å². The standard InChI is InChI=1S/C19H26N8O3S/c1-11-14(17(29)30)31-19(21-11)24-18-22-15-12(4-6-26(15)9-8-25(2)3)16(23-18)27-7-5-20-13(28)10-27/h4-10H2,1-3H3,(H,20,28)(H,29,30)(H,21,22,23,24). The molecule has 1 saturated heterocycles. The number of anilines is 4. The minimum absolute atomic E-state index is 0.0303. The smallest absolute Gasteiger partial charge is 0.347 e. The van der Waals surface area contributed by atoms with Crippen LogP contribution in [0.2, 0.25) is 0 Å². The topological polar surface area (TPSA) is 127 Å². The van der Waals surface area contributed by atoms with Gasteiger partial charge in [-0.15, -0.1) is 0 Å². The Labute approximate surface area is 184 Å². The van der Waals surface area contributed by atoms with Crippen LogP contribution in [0.4, 0.5) is 22.7 Å². The molecule has 3 N–H and O–H groups in total. The van der Waals surface area contributed by atoms with Gasteiger partial charge in [-0.05, 0) is 27.4 Å². The van der Waals surface area contributed by atoms with Gasteiger partial charge in [0.05, 0.1) is 12.2 Å². The third-order valence-electron chi connectivity index (χ3n) is 5.26. The minimum atomic E-state index is -1.01. The molecule has 0 aliphatic carbocycles. The first-order valence-electron chi connectivity index (χ1n) is 10.1. The first-order chi connectivity index (χ1) is 14.8. The van der Waals surface area contributed by atoms with Crippen LogP contribution < -0.4 is 20.4 Å². The average molecular weight is 447 g/mol. The van der Waals surface area contributed by atoms with Crippen LogP contribution in [-0.4, -0.2) is 90.2 Å². The van der Waals surface area contributed by atoms with E-state index in [0.29, 0.717) is 29.9 Å². The molecule has 1 fully saturated rings. The molecule has 2 aromatic heterocycles. The predicted octanol–water partition coefficient (Wildman–Crippen LogP) is 0.544. The van der Waals surface area contributed by atoms with Crippen LogP contribution in [0.15, 0.2) is 0 Å². The van der Waals surface area contributed by atoms with Gasteiger partial charge in [-0.25, -0.2) is 9.78 Å². The fraction of sp³-hybridized carbons (Fsp3) is 0.526. The SMILES string of the molecule is Cc1nc(Nc2nc3c(c(N4CCNC(=O)C4)n2)CCN3CCN(C)C)sc1C(=O)O. The number of aromatic nitrogens is 3. The summed E-state index contributed by atoms with van der Waals surface area (Å²) in [5.74, 6) is 0.917. The Morgan fingerprint density at radius 1 is 1.26 bits per heavy atom. The molecule has 31 heavy (non-hydrogen) atoms. The molecule has 1 amide bonds. The van der Waals surface area contributed by atoms with Crippen molar-refractivity contribution in [2.45, 2.75) is 13.3 Å². The molecule has 2 aromatic rings. The second-order valence-corrected chi connectivity index (χ2v) is 8.85. The van der Waals surface area contributed by atoms with Gasteiger partial charge in [-0.1, -0.05) is 11.3 Å². The van der Waals surface area contributed by atoms with E-state index < -0.39 is 5.97 Å². The molecule has 11 nitrogen and oxygen atoms in total. The largest absolute Gasteiger partial charge is 0.477 e. The molecule has 0 spiro atoms. The highest BCUT2D eigenvalue weighted by atomic mass is 32.1. The second-order valence-electron chi connectivity index (χ2n) is 7.85. The first kappa shape index (κ1) is 21.2. The summed E-state index contributed by atoms with van der Waals surface area (Å²) in [6, 6.07) is 0. The Bertz CT molecular complexity index is 1010. The number of rotatable bonds is 7. The number of aromatic carboxylic acids is 1. The van der Waals surface area contributed by atoms with E-state index >= 15 is 0 Å². The monoisotopic (exact) mass is 446 g/mol. The Kier molecular flexibility index (Phi) is 5.92. The third-order valence-corrected chi connectivity index (χ3v) is 6.32. The maximum atomic E-state index is 12.0. The Morgan fingerprint density at radius 2 is 2.03 bits per heavy atom. The van der Waals surface area contributed by atoms with Gasteiger partial charge in [0.2, 0.25) is 11.9 Å². The molecule has 4 heterocycles. The zero-order valence-corrected chi connectivity index (χ0v) is 18.6. The van der Waals surface area contributed by atoms with Gasteiger partial charge >= 0.3 is 5.97 Å². The van der Waals surface area contributed by atoms with Crippen molar-refractivity contribution in [2.75, 3.05) is 68.5 Å². The highest BCUT2D eigenvalue weighted by Crippen LogP contribution is 2.35. The molecule has 0 aromatic carbocycles. The van der Waals surface area contributed by atoms with Gasteiger partial charge < -0.3 is 25.1 Å². The number of aryl methyl sites for hydroxylation is 1. The number of nitrogens with one attached hydrogen (secondary N) is 2. The van der Waals surface area contributed by atoms with E-state index in [1.807, 2.05) is 19.0 Å². The number of likely N-dealkylation sites (N-methyl/N-ethyl adjacent to an activating group) is 1. The minimum Gasteiger partial charge on any atom is -0.477 e. The van der Waals surface area contributed by atoms with Crippen molar-refractivity contribution in [2.24, 2.45) is 0 Å². The van der Waals surface area contributed by atoms with Gasteiger partial charge in [0, 0.05) is 38.3 Å². The number of amides is 1. The molecular formula is C19H26N8O3S. The van der Waals surface area contributed by atoms with E-state index in [1.54, 1.807) is 6.92 Å². The number of hydrogen-bond donors (Lipinski definition) is 3. The maximum absolute atomic E-state index is 12.0. The Hall–Kier alpha value is -2.99. The van der Waals surface area contributed by atoms with E-state index in [1.165, 1.54) is 0 Å². The zero-order valence-electron chi connectivity index (χ0n) is 17.8. The van der Waals surface area contributed by atoms with E-state index in [2.05, 4.69) is 25.4 Å². The van der Waals surface area contributed by atoms with Crippen LogP contribution in [0, 0.1) is 6.92 Å². The molecule has 0 radical (unpaired) electrons. The van der Waals surface area contributed by atoms with Gasteiger partial charge in [0.25, 0.3) is 0 Å². The summed E-state index contributed by atoms with van der Waals surface area (Å²) < 4.78 is 0.